The molecule has 8 aromatic carbocycles. The van der Waals surface area contributed by atoms with Crippen molar-refractivity contribution in [3.05, 3.63) is 185 Å². The van der Waals surface area contributed by atoms with Gasteiger partial charge in [0.15, 0.2) is 0 Å². The predicted molar refractivity (Wildman–Crippen MR) is 204 cm³/mol. The molecule has 0 aliphatic carbocycles. The molecule has 0 radical (unpaired) electrons. The Bertz CT molecular complexity index is 3100. The Balaban J connectivity index is 1.28. The van der Waals surface area contributed by atoms with Crippen LogP contribution in [0.2, 0.25) is 0 Å². The number of hydrogen-bond acceptors (Lipinski definition) is 3. The van der Waals surface area contributed by atoms with E-state index in [4.69, 9.17) is 15.0 Å². The lowest BCUT2D eigenvalue weighted by atomic mass is 9.84. The largest absolute Gasteiger partial charge is 0.256 e. The maximum absolute atomic E-state index is 5.27. The van der Waals surface area contributed by atoms with Gasteiger partial charge >= 0.3 is 0 Å². The van der Waals surface area contributed by atoms with E-state index in [1.54, 1.807) is 0 Å². The van der Waals surface area contributed by atoms with Gasteiger partial charge in [0, 0.05) is 38.9 Å². The molecular weight excluding hydrogens is 607 g/mol. The zero-order chi connectivity index (χ0) is 32.8. The second-order valence-corrected chi connectivity index (χ2v) is 13.1. The first-order chi connectivity index (χ1) is 24.8. The van der Waals surface area contributed by atoms with Gasteiger partial charge in [0.05, 0.1) is 27.8 Å². The molecule has 3 heterocycles. The van der Waals surface area contributed by atoms with Crippen LogP contribution in [0.25, 0.3) is 77.0 Å². The van der Waals surface area contributed by atoms with E-state index in [9.17, 15) is 0 Å². The Morgan fingerprint density at radius 3 is 1.86 bits per heavy atom. The Morgan fingerprint density at radius 2 is 1.04 bits per heavy atom. The number of aromatic nitrogens is 1. The summed E-state index contributed by atoms with van der Waals surface area (Å²) in [5.74, 6) is 0. The van der Waals surface area contributed by atoms with E-state index in [1.807, 2.05) is 6.20 Å². The van der Waals surface area contributed by atoms with Crippen molar-refractivity contribution in [3.63, 3.8) is 0 Å². The third-order valence-corrected chi connectivity index (χ3v) is 10.4. The summed E-state index contributed by atoms with van der Waals surface area (Å²) in [5.41, 5.74) is 10.6. The van der Waals surface area contributed by atoms with Crippen LogP contribution in [0.3, 0.4) is 0 Å². The summed E-state index contributed by atoms with van der Waals surface area (Å²) < 4.78 is 0. The lowest BCUT2D eigenvalue weighted by Crippen LogP contribution is -2.02. The highest BCUT2D eigenvalue weighted by atomic mass is 14.8. The second kappa shape index (κ2) is 10.4. The van der Waals surface area contributed by atoms with Crippen molar-refractivity contribution in [2.24, 2.45) is 9.98 Å². The van der Waals surface area contributed by atoms with Crippen LogP contribution in [0, 0.1) is 10.4 Å². The summed E-state index contributed by atoms with van der Waals surface area (Å²) in [4.78, 5) is 15.7. The van der Waals surface area contributed by atoms with Gasteiger partial charge < -0.3 is 0 Å². The molecule has 0 saturated carbocycles. The van der Waals surface area contributed by atoms with E-state index in [0.29, 0.717) is 0 Å². The van der Waals surface area contributed by atoms with Crippen LogP contribution in [-0.4, -0.2) is 4.98 Å². The van der Waals surface area contributed by atoms with Gasteiger partial charge in [0.2, 0.25) is 0 Å². The van der Waals surface area contributed by atoms with E-state index < -0.39 is 0 Å². The van der Waals surface area contributed by atoms with Gasteiger partial charge in [0.25, 0.3) is 0 Å². The summed E-state index contributed by atoms with van der Waals surface area (Å²) >= 11 is 0. The Hall–Kier alpha value is -6.71. The molecule has 0 N–H and O–H groups in total. The fraction of sp³-hybridized carbons (Fsp3) is 0. The van der Waals surface area contributed by atoms with Crippen LogP contribution < -0.4 is 10.7 Å². The Labute approximate surface area is 287 Å². The number of para-hydroxylation sites is 1. The van der Waals surface area contributed by atoms with E-state index >= 15 is 0 Å². The normalized spacial score (nSPS) is 12.3. The molecule has 0 atom stereocenters. The number of nitrogens with zero attached hydrogens (tertiary/aromatic N) is 3. The molecular formula is C47H27N3. The molecule has 0 fully saturated rings. The van der Waals surface area contributed by atoms with Gasteiger partial charge in [-0.1, -0.05) is 127 Å². The van der Waals surface area contributed by atoms with Gasteiger partial charge in [-0.25, -0.2) is 9.98 Å². The number of rotatable bonds is 3. The van der Waals surface area contributed by atoms with Crippen LogP contribution in [0.1, 0.15) is 0 Å². The van der Waals surface area contributed by atoms with Gasteiger partial charge in [-0.15, -0.1) is 0 Å². The molecule has 2 aliphatic rings. The highest BCUT2D eigenvalue weighted by Crippen LogP contribution is 2.51. The molecule has 2 aliphatic heterocycles. The van der Waals surface area contributed by atoms with Crippen molar-refractivity contribution in [1.29, 1.82) is 0 Å². The lowest BCUT2D eigenvalue weighted by Gasteiger charge is -2.20. The van der Waals surface area contributed by atoms with E-state index in [1.165, 1.54) is 32.3 Å². The third-order valence-electron chi connectivity index (χ3n) is 10.4. The van der Waals surface area contributed by atoms with Crippen LogP contribution in [0.5, 0.6) is 0 Å². The predicted octanol–water partition coefficient (Wildman–Crippen LogP) is 11.0. The average molecular weight is 634 g/mol. The minimum atomic E-state index is 0.934. The molecule has 1 aromatic heterocycles. The number of fused-ring (bicyclic) bond motifs is 12. The van der Waals surface area contributed by atoms with Crippen LogP contribution in [-0.2, 0) is 0 Å². The van der Waals surface area contributed by atoms with Crippen molar-refractivity contribution in [2.75, 3.05) is 0 Å². The maximum atomic E-state index is 5.27. The lowest BCUT2D eigenvalue weighted by molar-refractivity contribution is 1.33. The quantitative estimate of drug-likeness (QED) is 0.178. The van der Waals surface area contributed by atoms with Gasteiger partial charge in [0.1, 0.15) is 0 Å². The second-order valence-electron chi connectivity index (χ2n) is 13.1. The van der Waals surface area contributed by atoms with E-state index in [2.05, 4.69) is 158 Å². The first kappa shape index (κ1) is 27.3. The average Bonchev–Trinajstić information content (AvgIpc) is 3.76. The standard InChI is InChI=1S/C47H27N3/c1-2-12-28(13-3-1)29-23-25-40-44(45-41(49-40)26-24-38-33-17-8-9-22-39(33)50-47(38)45)43(29)46-37(21-11-27-48-46)36-20-10-19-35-32-15-5-4-14-30(32)31-16-6-7-18-34(31)42(35)36/h1-27H. The van der Waals surface area contributed by atoms with Crippen molar-refractivity contribution >= 4 is 43.7 Å². The SMILES string of the molecule is c1ccc(-c2ccc3c(c2-c2ncccc2-c2cccc4c5ccccc5c5ccccc5c24)-c2c4c(ccc2=N3)=c2ccccc2=N4)cc1. The highest BCUT2D eigenvalue weighted by molar-refractivity contribution is 6.28. The van der Waals surface area contributed by atoms with Crippen LogP contribution in [0.15, 0.2) is 174 Å². The summed E-state index contributed by atoms with van der Waals surface area (Å²) in [7, 11) is 0. The fourth-order valence-electron chi connectivity index (χ4n) is 8.35. The van der Waals surface area contributed by atoms with Crippen LogP contribution in [0.4, 0.5) is 11.4 Å². The molecule has 0 unspecified atom stereocenters. The monoisotopic (exact) mass is 633 g/mol. The Morgan fingerprint density at radius 1 is 0.360 bits per heavy atom. The third kappa shape index (κ3) is 3.77. The summed E-state index contributed by atoms with van der Waals surface area (Å²) in [6.45, 7) is 0. The fourth-order valence-corrected chi connectivity index (χ4v) is 8.35. The molecule has 230 valence electrons. The molecule has 3 heteroatoms. The maximum Gasteiger partial charge on any atom is 0.0817 e. The van der Waals surface area contributed by atoms with Crippen LogP contribution >= 0.6 is 0 Å². The molecule has 9 aromatic rings. The molecule has 0 spiro atoms. The number of hydrogen-bond donors (Lipinski definition) is 0. The Kier molecular flexibility index (Phi) is 5.67. The molecule has 0 bridgehead atoms. The first-order valence-corrected chi connectivity index (χ1v) is 17.0. The smallest absolute Gasteiger partial charge is 0.0817 e. The molecule has 3 nitrogen and oxygen atoms in total. The van der Waals surface area contributed by atoms with E-state index in [-0.39, 0.29) is 0 Å². The molecule has 0 amide bonds. The van der Waals surface area contributed by atoms with Crippen molar-refractivity contribution < 1.29 is 0 Å². The van der Waals surface area contributed by atoms with E-state index in [0.717, 1.165) is 77.2 Å². The summed E-state index contributed by atoms with van der Waals surface area (Å²) in [5, 5.41) is 11.7. The van der Waals surface area contributed by atoms with Crippen molar-refractivity contribution in [2.45, 2.75) is 0 Å². The minimum absolute atomic E-state index is 0.934. The zero-order valence-corrected chi connectivity index (χ0v) is 26.9. The molecule has 0 saturated heterocycles. The zero-order valence-electron chi connectivity index (χ0n) is 26.9. The van der Waals surface area contributed by atoms with Gasteiger partial charge in [-0.3, -0.25) is 4.98 Å². The van der Waals surface area contributed by atoms with Gasteiger partial charge in [-0.05, 0) is 79.3 Å². The number of benzene rings is 8. The minimum Gasteiger partial charge on any atom is -0.256 e. The topological polar surface area (TPSA) is 37.6 Å². The summed E-state index contributed by atoms with van der Waals surface area (Å²) in [6, 6.07) is 56.3. The summed E-state index contributed by atoms with van der Waals surface area (Å²) in [6.07, 6.45) is 1.92. The molecule has 50 heavy (non-hydrogen) atoms. The van der Waals surface area contributed by atoms with Crippen molar-refractivity contribution in [1.82, 2.24) is 4.98 Å². The van der Waals surface area contributed by atoms with Crippen molar-refractivity contribution in [3.8, 4) is 44.6 Å². The highest BCUT2D eigenvalue weighted by Gasteiger charge is 2.28. The molecule has 11 rings (SSSR count). The number of pyridine rings is 1. The van der Waals surface area contributed by atoms with Gasteiger partial charge in [-0.2, -0.15) is 0 Å². The first-order valence-electron chi connectivity index (χ1n) is 17.0.